The van der Waals surface area contributed by atoms with Crippen LogP contribution in [0.15, 0.2) is 29.8 Å². The van der Waals surface area contributed by atoms with Gasteiger partial charge >= 0.3 is 6.09 Å². The molecule has 3 N–H and O–H groups in total. The van der Waals surface area contributed by atoms with Crippen molar-refractivity contribution in [2.24, 2.45) is 0 Å². The van der Waals surface area contributed by atoms with Gasteiger partial charge in [0.05, 0.1) is 31.4 Å². The number of amides is 1. The van der Waals surface area contributed by atoms with Gasteiger partial charge in [0, 0.05) is 31.2 Å². The Morgan fingerprint density at radius 2 is 2.30 bits per heavy atom. The first-order valence-electron chi connectivity index (χ1n) is 9.07. The van der Waals surface area contributed by atoms with E-state index in [1.807, 2.05) is 0 Å². The van der Waals surface area contributed by atoms with Crippen molar-refractivity contribution in [2.75, 3.05) is 56.7 Å². The first kappa shape index (κ1) is 25.8. The summed E-state index contributed by atoms with van der Waals surface area (Å²) >= 11 is 9.87. The number of hydrogen-bond donors (Lipinski definition) is 3. The van der Waals surface area contributed by atoms with Gasteiger partial charge in [0.2, 0.25) is 0 Å². The van der Waals surface area contributed by atoms with Crippen molar-refractivity contribution in [3.8, 4) is 0 Å². The van der Waals surface area contributed by atoms with E-state index in [1.165, 1.54) is 28.5 Å². The second-order valence-electron chi connectivity index (χ2n) is 6.16. The van der Waals surface area contributed by atoms with E-state index in [2.05, 4.69) is 34.2 Å². The molecule has 1 atom stereocenters. The van der Waals surface area contributed by atoms with E-state index in [0.717, 1.165) is 6.34 Å². The lowest BCUT2D eigenvalue weighted by Crippen LogP contribution is -2.32. The highest BCUT2D eigenvalue weighted by atomic mass is 35.5. The second kappa shape index (κ2) is 13.9. The van der Waals surface area contributed by atoms with Crippen LogP contribution in [0.4, 0.5) is 20.6 Å². The van der Waals surface area contributed by atoms with E-state index in [0.29, 0.717) is 43.4 Å². The molecule has 0 spiro atoms. The minimum Gasteiger partial charge on any atom is -0.493 e. The lowest BCUT2D eigenvalue weighted by molar-refractivity contribution is 0.141. The van der Waals surface area contributed by atoms with Crippen molar-refractivity contribution in [1.29, 1.82) is 5.41 Å². The van der Waals surface area contributed by atoms with Crippen molar-refractivity contribution in [2.45, 2.75) is 6.10 Å². The molecular weight excluding hydrogens is 433 g/mol. The van der Waals surface area contributed by atoms with Crippen molar-refractivity contribution in [3.63, 3.8) is 0 Å². The summed E-state index contributed by atoms with van der Waals surface area (Å²) < 4.78 is 24.0. The van der Waals surface area contributed by atoms with E-state index in [1.54, 1.807) is 19.2 Å². The third-order valence-electron chi connectivity index (χ3n) is 3.96. The second-order valence-corrected chi connectivity index (χ2v) is 6.89. The van der Waals surface area contributed by atoms with Crippen LogP contribution in [0, 0.1) is 11.2 Å². The highest BCUT2D eigenvalue weighted by Crippen LogP contribution is 2.27. The van der Waals surface area contributed by atoms with Gasteiger partial charge in [-0.15, -0.1) is 0 Å². The highest BCUT2D eigenvalue weighted by Gasteiger charge is 2.32. The molecular formula is C19H27ClFN5O3S. The average molecular weight is 460 g/mol. The number of thiocarbonyl (C=S) groups is 1. The molecule has 1 saturated heterocycles. The lowest BCUT2D eigenvalue weighted by Gasteiger charge is -2.21. The first-order chi connectivity index (χ1) is 14.4. The number of carbonyl (C=O) groups is 1. The van der Waals surface area contributed by atoms with Crippen LogP contribution in [0.5, 0.6) is 0 Å². The maximum absolute atomic E-state index is 14.6. The highest BCUT2D eigenvalue weighted by molar-refractivity contribution is 7.78. The Bertz CT molecular complexity index is 740. The molecule has 1 fully saturated rings. The molecule has 1 aromatic carbocycles. The summed E-state index contributed by atoms with van der Waals surface area (Å²) in [6.07, 6.45) is 0.297. The number of methoxy groups -OCH3 is 1. The van der Waals surface area contributed by atoms with Crippen molar-refractivity contribution >= 4 is 53.2 Å². The summed E-state index contributed by atoms with van der Waals surface area (Å²) in [5.74, 6) is -0.516. The number of carbonyl (C=O) groups excluding carboxylic acids is 1. The average Bonchev–Trinajstić information content (AvgIpc) is 3.09. The summed E-state index contributed by atoms with van der Waals surface area (Å²) in [6.45, 7) is 5.81. The summed E-state index contributed by atoms with van der Waals surface area (Å²) in [5.41, 5.74) is 1.89. The molecule has 0 saturated carbocycles. The summed E-state index contributed by atoms with van der Waals surface area (Å²) in [4.78, 5) is 14.8. The molecule has 0 bridgehead atoms. The summed E-state index contributed by atoms with van der Waals surface area (Å²) in [5, 5.41) is 14.0. The molecule has 1 amide bonds. The normalized spacial score (nSPS) is 15.0. The van der Waals surface area contributed by atoms with E-state index < -0.39 is 11.9 Å². The molecule has 1 unspecified atom stereocenters. The Morgan fingerprint density at radius 3 is 2.83 bits per heavy atom. The number of benzene rings is 1. The molecule has 166 valence electrons. The minimum atomic E-state index is -0.516. The molecule has 1 aliphatic rings. The molecule has 1 heterocycles. The molecule has 0 radical (unpaired) electrons. The van der Waals surface area contributed by atoms with E-state index in [-0.39, 0.29) is 11.8 Å². The van der Waals surface area contributed by atoms with E-state index >= 15 is 0 Å². The van der Waals surface area contributed by atoms with Crippen LogP contribution in [0.3, 0.4) is 0 Å². The lowest BCUT2D eigenvalue weighted by atomic mass is 10.2. The molecule has 8 nitrogen and oxygen atoms in total. The molecule has 0 aromatic heterocycles. The molecule has 30 heavy (non-hydrogen) atoms. The number of anilines is 2. The van der Waals surface area contributed by atoms with Crippen LogP contribution < -0.4 is 20.4 Å². The third-order valence-corrected chi connectivity index (χ3v) is 4.28. The Kier molecular flexibility index (Phi) is 11.9. The largest absolute Gasteiger partial charge is 0.493 e. The van der Waals surface area contributed by atoms with Crippen molar-refractivity contribution < 1.29 is 18.7 Å². The first-order valence-corrected chi connectivity index (χ1v) is 9.92. The number of nitrogens with zero attached hydrogens (tertiary/aromatic N) is 2. The zero-order chi connectivity index (χ0) is 22.5. The number of rotatable bonds is 11. The number of ether oxygens (including phenoxy) is 2. The molecule has 0 aliphatic carbocycles. The van der Waals surface area contributed by atoms with Crippen LogP contribution >= 0.6 is 23.8 Å². The van der Waals surface area contributed by atoms with Crippen LogP contribution in [0.2, 0.25) is 0 Å². The number of hydrogen-bond acceptors (Lipinski definition) is 7. The van der Waals surface area contributed by atoms with Gasteiger partial charge in [-0.1, -0.05) is 18.2 Å². The maximum Gasteiger partial charge on any atom is 0.414 e. The summed E-state index contributed by atoms with van der Waals surface area (Å²) in [6, 6.07) is 4.48. The number of nitrogens with one attached hydrogen (secondary N) is 3. The van der Waals surface area contributed by atoms with Crippen molar-refractivity contribution in [3.05, 3.63) is 35.6 Å². The van der Waals surface area contributed by atoms with Crippen molar-refractivity contribution in [1.82, 2.24) is 10.6 Å². The Labute approximate surface area is 186 Å². The fourth-order valence-electron chi connectivity index (χ4n) is 2.64. The zero-order valence-corrected chi connectivity index (χ0v) is 18.6. The van der Waals surface area contributed by atoms with Gasteiger partial charge < -0.3 is 25.0 Å². The molecule has 1 aliphatic heterocycles. The smallest absolute Gasteiger partial charge is 0.414 e. The topological polar surface area (TPSA) is 89.9 Å². The quantitative estimate of drug-likeness (QED) is 0.203. The van der Waals surface area contributed by atoms with Crippen LogP contribution in [-0.4, -0.2) is 71.0 Å². The molecule has 11 heteroatoms. The van der Waals surface area contributed by atoms with Crippen LogP contribution in [-0.2, 0) is 9.47 Å². The van der Waals surface area contributed by atoms with Gasteiger partial charge in [-0.25, -0.2) is 9.18 Å². The zero-order valence-electron chi connectivity index (χ0n) is 17.0. The molecule has 2 rings (SSSR count). The fraction of sp³-hybridized carbons (Fsp3) is 0.421. The minimum absolute atomic E-state index is 0.259. The fourth-order valence-corrected chi connectivity index (χ4v) is 2.74. The maximum atomic E-state index is 14.6. The van der Waals surface area contributed by atoms with Crippen LogP contribution in [0.25, 0.3) is 0 Å². The monoisotopic (exact) mass is 459 g/mol. The number of cyclic esters (lactones) is 1. The predicted molar refractivity (Wildman–Crippen MR) is 123 cm³/mol. The predicted octanol–water partition coefficient (Wildman–Crippen LogP) is 2.72. The standard InChI is InChI=1S/C17H23ClFN5O2.C2H4OS/c1-12(18)8-22-5-6-23(11-20)16-4-3-13(7-15(16)19)24-10-14(9-21-2)26-17(24)25;1-3-2-4/h3-4,7,11,14,20-22H,1,5-6,8-10H2,2H3;2H,1H3. The van der Waals surface area contributed by atoms with Gasteiger partial charge in [0.15, 0.2) is 0 Å². The molecule has 1 aromatic rings. The van der Waals surface area contributed by atoms with Gasteiger partial charge in [-0.05, 0) is 37.5 Å². The van der Waals surface area contributed by atoms with Gasteiger partial charge in [0.1, 0.15) is 17.5 Å². The van der Waals surface area contributed by atoms with E-state index in [4.69, 9.17) is 21.7 Å². The Hall–Kier alpha value is -2.27. The SMILES string of the molecule is C=C(Cl)CNCCN(C=N)c1ccc(N2CC(CNC)OC2=O)cc1F.COC=S. The number of likely N-dealkylation sites (N-methyl/N-ethyl adjacent to an activating group) is 1. The van der Waals surface area contributed by atoms with Gasteiger partial charge in [-0.2, -0.15) is 0 Å². The Balaban J connectivity index is 0.00000103. The van der Waals surface area contributed by atoms with Gasteiger partial charge in [-0.3, -0.25) is 10.3 Å². The van der Waals surface area contributed by atoms with E-state index in [9.17, 15) is 9.18 Å². The summed E-state index contributed by atoms with van der Waals surface area (Å²) in [7, 11) is 3.29. The van der Waals surface area contributed by atoms with Gasteiger partial charge in [0.25, 0.3) is 0 Å². The Morgan fingerprint density at radius 1 is 1.60 bits per heavy atom. The number of halogens is 2. The third kappa shape index (κ3) is 8.23. The van der Waals surface area contributed by atoms with Crippen LogP contribution in [0.1, 0.15) is 0 Å².